The van der Waals surface area contributed by atoms with E-state index in [0.29, 0.717) is 29.7 Å². The predicted molar refractivity (Wildman–Crippen MR) is 69.4 cm³/mol. The second-order valence-corrected chi connectivity index (χ2v) is 6.35. The molecule has 1 aliphatic heterocycles. The lowest BCUT2D eigenvalue weighted by Gasteiger charge is -2.34. The smallest absolute Gasteiger partial charge is 0.225 e. The van der Waals surface area contributed by atoms with E-state index in [9.17, 15) is 4.79 Å². The Kier molecular flexibility index (Phi) is 3.76. The lowest BCUT2D eigenvalue weighted by molar-refractivity contribution is -0.137. The lowest BCUT2D eigenvalue weighted by atomic mass is 9.77. The Morgan fingerprint density at radius 2 is 1.65 bits per heavy atom. The highest BCUT2D eigenvalue weighted by Gasteiger charge is 2.37. The van der Waals surface area contributed by atoms with E-state index in [2.05, 4.69) is 25.7 Å². The zero-order chi connectivity index (χ0) is 12.6. The summed E-state index contributed by atoms with van der Waals surface area (Å²) in [6.45, 7) is 8.59. The van der Waals surface area contributed by atoms with Gasteiger partial charge in [0.1, 0.15) is 0 Å². The van der Waals surface area contributed by atoms with Crippen LogP contribution in [0.4, 0.5) is 0 Å². The number of hydrogen-bond acceptors (Lipinski definition) is 2. The minimum absolute atomic E-state index is 0.229. The van der Waals surface area contributed by atoms with Crippen molar-refractivity contribution in [1.29, 1.82) is 0 Å². The van der Waals surface area contributed by atoms with Crippen molar-refractivity contribution in [2.75, 3.05) is 13.1 Å². The van der Waals surface area contributed by atoms with Gasteiger partial charge in [0.2, 0.25) is 5.91 Å². The number of amides is 1. The molecule has 0 radical (unpaired) electrons. The van der Waals surface area contributed by atoms with Crippen LogP contribution >= 0.6 is 0 Å². The molecule has 2 aliphatic rings. The fourth-order valence-corrected chi connectivity index (χ4v) is 3.35. The van der Waals surface area contributed by atoms with E-state index >= 15 is 0 Å². The molecule has 17 heavy (non-hydrogen) atoms. The van der Waals surface area contributed by atoms with Crippen LogP contribution in [0.1, 0.15) is 40.0 Å². The summed E-state index contributed by atoms with van der Waals surface area (Å²) in [5.74, 6) is 2.38. The zero-order valence-electron chi connectivity index (χ0n) is 11.4. The minimum Gasteiger partial charge on any atom is -0.342 e. The quantitative estimate of drug-likeness (QED) is 0.758. The van der Waals surface area contributed by atoms with Gasteiger partial charge in [-0.25, -0.2) is 0 Å². The maximum atomic E-state index is 12.5. The van der Waals surface area contributed by atoms with Crippen LogP contribution in [0, 0.1) is 23.7 Å². The summed E-state index contributed by atoms with van der Waals surface area (Å²) in [5, 5.41) is 0. The molecule has 0 aromatic heterocycles. The van der Waals surface area contributed by atoms with Gasteiger partial charge in [0.05, 0.1) is 0 Å². The first-order chi connectivity index (χ1) is 7.99. The first-order valence-electron chi connectivity index (χ1n) is 7.03. The van der Waals surface area contributed by atoms with Crippen LogP contribution in [0.2, 0.25) is 0 Å². The number of likely N-dealkylation sites (tertiary alicyclic amines) is 1. The fraction of sp³-hybridized carbons (Fsp3) is 0.929. The van der Waals surface area contributed by atoms with Gasteiger partial charge in [0, 0.05) is 25.0 Å². The van der Waals surface area contributed by atoms with Gasteiger partial charge in [-0.15, -0.1) is 0 Å². The van der Waals surface area contributed by atoms with Crippen LogP contribution in [0.25, 0.3) is 0 Å². The van der Waals surface area contributed by atoms with Gasteiger partial charge < -0.3 is 10.6 Å². The van der Waals surface area contributed by atoms with Crippen LogP contribution in [0.15, 0.2) is 0 Å². The Morgan fingerprint density at radius 1 is 1.06 bits per heavy atom. The Hall–Kier alpha value is -0.570. The summed E-state index contributed by atoms with van der Waals surface area (Å²) in [5.41, 5.74) is 5.96. The second-order valence-electron chi connectivity index (χ2n) is 6.35. The highest BCUT2D eigenvalue weighted by Crippen LogP contribution is 2.33. The van der Waals surface area contributed by atoms with Crippen LogP contribution in [-0.2, 0) is 4.79 Å². The summed E-state index contributed by atoms with van der Waals surface area (Å²) < 4.78 is 0. The molecule has 1 heterocycles. The first-order valence-corrected chi connectivity index (χ1v) is 7.03. The molecule has 2 rings (SSSR count). The van der Waals surface area contributed by atoms with E-state index in [-0.39, 0.29) is 5.92 Å². The monoisotopic (exact) mass is 238 g/mol. The van der Waals surface area contributed by atoms with Gasteiger partial charge in [-0.1, -0.05) is 20.8 Å². The van der Waals surface area contributed by atoms with Crippen molar-refractivity contribution in [2.24, 2.45) is 29.4 Å². The number of carbonyl (C=O) groups excluding carboxylic acids is 1. The van der Waals surface area contributed by atoms with Gasteiger partial charge in [-0.05, 0) is 37.0 Å². The largest absolute Gasteiger partial charge is 0.342 e. The Balaban J connectivity index is 1.96. The number of hydrogen-bond donors (Lipinski definition) is 1. The van der Waals surface area contributed by atoms with Gasteiger partial charge in [-0.3, -0.25) is 4.79 Å². The molecule has 0 aromatic rings. The molecule has 3 heteroatoms. The highest BCUT2D eigenvalue weighted by molar-refractivity contribution is 5.79. The minimum atomic E-state index is 0.229. The van der Waals surface area contributed by atoms with Crippen molar-refractivity contribution >= 4 is 5.91 Å². The summed E-state index contributed by atoms with van der Waals surface area (Å²) in [7, 11) is 0. The van der Waals surface area contributed by atoms with E-state index in [0.717, 1.165) is 32.4 Å². The van der Waals surface area contributed by atoms with Crippen molar-refractivity contribution in [3.05, 3.63) is 0 Å². The normalized spacial score (nSPS) is 42.8. The fourth-order valence-electron chi connectivity index (χ4n) is 3.35. The van der Waals surface area contributed by atoms with Crippen molar-refractivity contribution in [1.82, 2.24) is 4.90 Å². The molecule has 0 bridgehead atoms. The number of carbonyl (C=O) groups is 1. The third-order valence-electron chi connectivity index (χ3n) is 4.83. The molecule has 98 valence electrons. The molecule has 0 aromatic carbocycles. The molecule has 2 N–H and O–H groups in total. The van der Waals surface area contributed by atoms with Crippen molar-refractivity contribution in [3.8, 4) is 0 Å². The summed E-state index contributed by atoms with van der Waals surface area (Å²) in [6.07, 6.45) is 3.01. The molecular weight excluding hydrogens is 212 g/mol. The van der Waals surface area contributed by atoms with Crippen molar-refractivity contribution in [3.63, 3.8) is 0 Å². The van der Waals surface area contributed by atoms with Crippen LogP contribution in [0.5, 0.6) is 0 Å². The molecule has 0 spiro atoms. The molecule has 1 saturated heterocycles. The Bertz CT molecular complexity index is 282. The van der Waals surface area contributed by atoms with Crippen LogP contribution in [-0.4, -0.2) is 29.9 Å². The third-order valence-corrected chi connectivity index (χ3v) is 4.83. The first kappa shape index (κ1) is 12.9. The number of rotatable bonds is 1. The molecule has 1 saturated carbocycles. The maximum absolute atomic E-state index is 12.5. The zero-order valence-corrected chi connectivity index (χ0v) is 11.4. The molecule has 3 nitrogen and oxygen atoms in total. The average molecular weight is 238 g/mol. The highest BCUT2D eigenvalue weighted by atomic mass is 16.2. The average Bonchev–Trinajstić information content (AvgIpc) is 2.58. The summed E-state index contributed by atoms with van der Waals surface area (Å²) in [6, 6.07) is 0.311. The van der Waals surface area contributed by atoms with Crippen molar-refractivity contribution in [2.45, 2.75) is 46.1 Å². The molecule has 1 amide bonds. The van der Waals surface area contributed by atoms with E-state index < -0.39 is 0 Å². The van der Waals surface area contributed by atoms with Crippen LogP contribution < -0.4 is 5.73 Å². The van der Waals surface area contributed by atoms with Gasteiger partial charge in [-0.2, -0.15) is 0 Å². The standard InChI is InChI=1S/C14H26N2O/c1-9-6-12(15)4-5-13(9)14(17)16-7-10(2)11(3)8-16/h9-13H,4-8,15H2,1-3H3. The third kappa shape index (κ3) is 2.65. The molecule has 1 aliphatic carbocycles. The van der Waals surface area contributed by atoms with Gasteiger partial charge in [0.25, 0.3) is 0 Å². The molecule has 5 atom stereocenters. The Labute approximate surface area is 105 Å². The topological polar surface area (TPSA) is 46.3 Å². The number of nitrogens with two attached hydrogens (primary N) is 1. The van der Waals surface area contributed by atoms with E-state index in [1.54, 1.807) is 0 Å². The molecule has 5 unspecified atom stereocenters. The lowest BCUT2D eigenvalue weighted by Crippen LogP contribution is -2.42. The molecular formula is C14H26N2O. The van der Waals surface area contributed by atoms with E-state index in [1.165, 1.54) is 0 Å². The predicted octanol–water partition coefficient (Wildman–Crippen LogP) is 1.86. The van der Waals surface area contributed by atoms with Gasteiger partial charge >= 0.3 is 0 Å². The SMILES string of the molecule is CC1CN(C(=O)C2CCC(N)CC2C)CC1C. The summed E-state index contributed by atoms with van der Waals surface area (Å²) in [4.78, 5) is 14.6. The van der Waals surface area contributed by atoms with E-state index in [4.69, 9.17) is 5.73 Å². The Morgan fingerprint density at radius 3 is 2.18 bits per heavy atom. The number of nitrogens with zero attached hydrogens (tertiary/aromatic N) is 1. The molecule has 2 fully saturated rings. The second kappa shape index (κ2) is 4.97. The van der Waals surface area contributed by atoms with E-state index in [1.807, 2.05) is 0 Å². The van der Waals surface area contributed by atoms with Crippen molar-refractivity contribution < 1.29 is 4.79 Å². The van der Waals surface area contributed by atoms with Crippen LogP contribution in [0.3, 0.4) is 0 Å². The van der Waals surface area contributed by atoms with Gasteiger partial charge in [0.15, 0.2) is 0 Å². The summed E-state index contributed by atoms with van der Waals surface area (Å²) >= 11 is 0. The maximum Gasteiger partial charge on any atom is 0.225 e.